The Kier molecular flexibility index (Phi) is 4.97. The molecule has 2 N–H and O–H groups in total. The maximum absolute atomic E-state index is 12.1. The molecule has 0 aromatic heterocycles. The van der Waals surface area contributed by atoms with Crippen LogP contribution in [0.2, 0.25) is 0 Å². The van der Waals surface area contributed by atoms with Gasteiger partial charge in [-0.05, 0) is 49.2 Å². The predicted molar refractivity (Wildman–Crippen MR) is 92.1 cm³/mol. The summed E-state index contributed by atoms with van der Waals surface area (Å²) in [6.45, 7) is 3.70. The van der Waals surface area contributed by atoms with Crippen molar-refractivity contribution in [3.05, 3.63) is 53.1 Å². The van der Waals surface area contributed by atoms with Gasteiger partial charge in [0.15, 0.2) is 17.6 Å². The number of rotatable bonds is 5. The van der Waals surface area contributed by atoms with Gasteiger partial charge in [-0.1, -0.05) is 12.1 Å². The van der Waals surface area contributed by atoms with E-state index in [4.69, 9.17) is 14.2 Å². The quantitative estimate of drug-likeness (QED) is 0.798. The highest BCUT2D eigenvalue weighted by Crippen LogP contribution is 2.32. The van der Waals surface area contributed by atoms with Gasteiger partial charge in [-0.2, -0.15) is 0 Å². The maximum atomic E-state index is 12.1. The zero-order valence-electron chi connectivity index (χ0n) is 14.4. The summed E-state index contributed by atoms with van der Waals surface area (Å²) in [6.07, 6.45) is -1.00. The normalized spacial score (nSPS) is 13.2. The summed E-state index contributed by atoms with van der Waals surface area (Å²) >= 11 is 0. The Morgan fingerprint density at radius 3 is 2.73 bits per heavy atom. The smallest absolute Gasteiger partial charge is 0.342 e. The largest absolute Gasteiger partial charge is 0.507 e. The molecule has 0 bridgehead atoms. The predicted octanol–water partition coefficient (Wildman–Crippen LogP) is 2.29. The van der Waals surface area contributed by atoms with Gasteiger partial charge in [-0.15, -0.1) is 0 Å². The molecule has 0 saturated heterocycles. The summed E-state index contributed by atoms with van der Waals surface area (Å²) in [5.74, 6) is -0.0785. The number of phenols is 1. The number of hydrogen-bond donors (Lipinski definition) is 2. The number of benzene rings is 2. The van der Waals surface area contributed by atoms with Crippen LogP contribution in [0.1, 0.15) is 28.4 Å². The van der Waals surface area contributed by atoms with Crippen molar-refractivity contribution in [2.24, 2.45) is 0 Å². The van der Waals surface area contributed by atoms with Crippen LogP contribution in [0.3, 0.4) is 0 Å². The fourth-order valence-electron chi connectivity index (χ4n) is 2.48. The van der Waals surface area contributed by atoms with E-state index in [1.807, 2.05) is 6.07 Å². The molecule has 1 amide bonds. The van der Waals surface area contributed by atoms with E-state index in [1.54, 1.807) is 25.1 Å². The lowest BCUT2D eigenvalue weighted by atomic mass is 10.1. The Balaban J connectivity index is 1.55. The van der Waals surface area contributed by atoms with E-state index in [-0.39, 0.29) is 24.7 Å². The van der Waals surface area contributed by atoms with Gasteiger partial charge in [0.25, 0.3) is 5.91 Å². The third kappa shape index (κ3) is 3.88. The monoisotopic (exact) mass is 357 g/mol. The maximum Gasteiger partial charge on any atom is 0.342 e. The molecule has 7 nitrogen and oxygen atoms in total. The van der Waals surface area contributed by atoms with Gasteiger partial charge >= 0.3 is 5.97 Å². The highest BCUT2D eigenvalue weighted by atomic mass is 16.7. The Bertz CT molecular complexity index is 848. The summed E-state index contributed by atoms with van der Waals surface area (Å²) in [6, 6.07) is 9.97. The standard InChI is InChI=1S/C19H19NO6/c1-11-3-5-14(15(21)7-11)19(23)26-12(2)18(22)20-9-13-4-6-16-17(8-13)25-10-24-16/h3-8,12,21H,9-10H2,1-2H3,(H,20,22)/t12-/m1/s1. The summed E-state index contributed by atoms with van der Waals surface area (Å²) in [5, 5.41) is 12.5. The third-order valence-corrected chi connectivity index (χ3v) is 3.93. The molecule has 2 aromatic carbocycles. The van der Waals surface area contributed by atoms with E-state index in [9.17, 15) is 14.7 Å². The van der Waals surface area contributed by atoms with Crippen molar-refractivity contribution in [3.63, 3.8) is 0 Å². The Morgan fingerprint density at radius 2 is 1.96 bits per heavy atom. The summed E-state index contributed by atoms with van der Waals surface area (Å²) in [5.41, 5.74) is 1.66. The van der Waals surface area contributed by atoms with Crippen molar-refractivity contribution in [3.8, 4) is 17.2 Å². The van der Waals surface area contributed by atoms with Crippen LogP contribution in [-0.2, 0) is 16.1 Å². The third-order valence-electron chi connectivity index (χ3n) is 3.93. The van der Waals surface area contributed by atoms with Gasteiger partial charge in [0.05, 0.1) is 0 Å². The second-order valence-corrected chi connectivity index (χ2v) is 5.97. The van der Waals surface area contributed by atoms with Crippen LogP contribution < -0.4 is 14.8 Å². The molecule has 0 spiro atoms. The van der Waals surface area contributed by atoms with Crippen molar-refractivity contribution >= 4 is 11.9 Å². The number of aryl methyl sites for hydroxylation is 1. The van der Waals surface area contributed by atoms with Gasteiger partial charge in [-0.3, -0.25) is 4.79 Å². The van der Waals surface area contributed by atoms with Crippen LogP contribution in [0.5, 0.6) is 17.2 Å². The minimum Gasteiger partial charge on any atom is -0.507 e. The molecule has 26 heavy (non-hydrogen) atoms. The van der Waals surface area contributed by atoms with Crippen LogP contribution in [0, 0.1) is 6.92 Å². The minimum absolute atomic E-state index is 0.0195. The van der Waals surface area contributed by atoms with Gasteiger partial charge in [-0.25, -0.2) is 4.79 Å². The fourth-order valence-corrected chi connectivity index (χ4v) is 2.48. The van der Waals surface area contributed by atoms with E-state index < -0.39 is 18.0 Å². The van der Waals surface area contributed by atoms with E-state index in [0.29, 0.717) is 11.5 Å². The molecule has 0 radical (unpaired) electrons. The van der Waals surface area contributed by atoms with Crippen LogP contribution in [0.25, 0.3) is 0 Å². The highest BCUT2D eigenvalue weighted by Gasteiger charge is 2.21. The fraction of sp³-hybridized carbons (Fsp3) is 0.263. The molecule has 3 rings (SSSR count). The lowest BCUT2D eigenvalue weighted by Crippen LogP contribution is -2.35. The van der Waals surface area contributed by atoms with Crippen molar-refractivity contribution in [1.29, 1.82) is 0 Å². The first kappa shape index (κ1) is 17.6. The van der Waals surface area contributed by atoms with Gasteiger partial charge < -0.3 is 24.6 Å². The number of esters is 1. The molecule has 1 atom stereocenters. The number of hydrogen-bond acceptors (Lipinski definition) is 6. The molecule has 7 heteroatoms. The average molecular weight is 357 g/mol. The topological polar surface area (TPSA) is 94.1 Å². The van der Waals surface area contributed by atoms with Gasteiger partial charge in [0.1, 0.15) is 11.3 Å². The van der Waals surface area contributed by atoms with E-state index in [1.165, 1.54) is 19.1 Å². The number of ether oxygens (including phenoxy) is 3. The molecule has 2 aromatic rings. The lowest BCUT2D eigenvalue weighted by molar-refractivity contribution is -0.129. The van der Waals surface area contributed by atoms with Crippen LogP contribution >= 0.6 is 0 Å². The van der Waals surface area contributed by atoms with E-state index in [2.05, 4.69) is 5.32 Å². The first-order chi connectivity index (χ1) is 12.4. The Hall–Kier alpha value is -3.22. The number of amides is 1. The van der Waals surface area contributed by atoms with Crippen LogP contribution in [0.4, 0.5) is 0 Å². The summed E-state index contributed by atoms with van der Waals surface area (Å²) < 4.78 is 15.6. The number of fused-ring (bicyclic) bond motifs is 1. The molecule has 0 fully saturated rings. The molecular formula is C19H19NO6. The number of carbonyl (C=O) groups is 2. The van der Waals surface area contributed by atoms with Crippen molar-refractivity contribution in [2.45, 2.75) is 26.5 Å². The van der Waals surface area contributed by atoms with Crippen molar-refractivity contribution < 1.29 is 28.9 Å². The lowest BCUT2D eigenvalue weighted by Gasteiger charge is -2.14. The second-order valence-electron chi connectivity index (χ2n) is 5.97. The zero-order valence-corrected chi connectivity index (χ0v) is 14.4. The molecular weight excluding hydrogens is 338 g/mol. The van der Waals surface area contributed by atoms with Crippen LogP contribution in [0.15, 0.2) is 36.4 Å². The molecule has 0 unspecified atom stereocenters. The molecule has 136 valence electrons. The second kappa shape index (κ2) is 7.35. The molecule has 1 aliphatic rings. The Morgan fingerprint density at radius 1 is 1.19 bits per heavy atom. The number of carbonyl (C=O) groups excluding carboxylic acids is 2. The van der Waals surface area contributed by atoms with Gasteiger partial charge in [0.2, 0.25) is 6.79 Å². The average Bonchev–Trinajstić information content (AvgIpc) is 3.07. The van der Waals surface area contributed by atoms with Gasteiger partial charge in [0, 0.05) is 6.54 Å². The molecule has 1 aliphatic heterocycles. The Labute approximate surface area is 150 Å². The van der Waals surface area contributed by atoms with Crippen LogP contribution in [-0.4, -0.2) is 29.9 Å². The first-order valence-corrected chi connectivity index (χ1v) is 8.11. The summed E-state index contributed by atoms with van der Waals surface area (Å²) in [4.78, 5) is 24.3. The van der Waals surface area contributed by atoms with E-state index in [0.717, 1.165) is 11.1 Å². The number of phenolic OH excluding ortho intramolecular Hbond substituents is 1. The number of aromatic hydroxyl groups is 1. The highest BCUT2D eigenvalue weighted by molar-refractivity contribution is 5.94. The molecule has 1 heterocycles. The van der Waals surface area contributed by atoms with E-state index >= 15 is 0 Å². The zero-order chi connectivity index (χ0) is 18.7. The molecule has 0 saturated carbocycles. The SMILES string of the molecule is Cc1ccc(C(=O)O[C@H](C)C(=O)NCc2ccc3c(c2)OCO3)c(O)c1. The number of nitrogens with one attached hydrogen (secondary N) is 1. The summed E-state index contributed by atoms with van der Waals surface area (Å²) in [7, 11) is 0. The van der Waals surface area contributed by atoms with Crippen molar-refractivity contribution in [2.75, 3.05) is 6.79 Å². The first-order valence-electron chi connectivity index (χ1n) is 8.11. The minimum atomic E-state index is -1.00. The van der Waals surface area contributed by atoms with Crippen molar-refractivity contribution in [1.82, 2.24) is 5.32 Å². The molecule has 0 aliphatic carbocycles.